The van der Waals surface area contributed by atoms with E-state index in [0.717, 1.165) is 38.9 Å². The molecule has 0 saturated carbocycles. The summed E-state index contributed by atoms with van der Waals surface area (Å²) in [5.74, 6) is -0.323. The van der Waals surface area contributed by atoms with E-state index in [4.69, 9.17) is 0 Å². The Bertz CT molecular complexity index is 1390. The van der Waals surface area contributed by atoms with Crippen molar-refractivity contribution in [2.24, 2.45) is 0 Å². The number of rotatable bonds is 4. The number of nitrogens with zero attached hydrogens (tertiary/aromatic N) is 1. The molecule has 0 radical (unpaired) electrons. The lowest BCUT2D eigenvalue weighted by atomic mass is 9.87. The van der Waals surface area contributed by atoms with E-state index in [-0.39, 0.29) is 17.9 Å². The predicted molar refractivity (Wildman–Crippen MR) is 146 cm³/mol. The van der Waals surface area contributed by atoms with Crippen LogP contribution in [0, 0.1) is 27.7 Å². The Morgan fingerprint density at radius 2 is 1.44 bits per heavy atom. The number of sulfonamides is 1. The summed E-state index contributed by atoms with van der Waals surface area (Å²) in [7, 11) is -3.95. The van der Waals surface area contributed by atoms with Crippen molar-refractivity contribution in [3.8, 4) is 0 Å². The molecule has 1 atom stereocenters. The van der Waals surface area contributed by atoms with Crippen LogP contribution < -0.4 is 5.32 Å². The van der Waals surface area contributed by atoms with Gasteiger partial charge in [-0.2, -0.15) is 4.31 Å². The van der Waals surface area contributed by atoms with Gasteiger partial charge in [0.2, 0.25) is 15.9 Å². The van der Waals surface area contributed by atoms with E-state index in [1.807, 2.05) is 82.3 Å². The third-order valence-electron chi connectivity index (χ3n) is 7.39. The highest BCUT2D eigenvalue weighted by Crippen LogP contribution is 2.34. The van der Waals surface area contributed by atoms with Crippen molar-refractivity contribution >= 4 is 21.6 Å². The van der Waals surface area contributed by atoms with E-state index >= 15 is 0 Å². The summed E-state index contributed by atoms with van der Waals surface area (Å²) in [6.07, 6.45) is 0.324. The number of hydrogen-bond donors (Lipinski definition) is 1. The molecule has 4 rings (SSSR count). The zero-order valence-electron chi connectivity index (χ0n) is 22.3. The van der Waals surface area contributed by atoms with Crippen LogP contribution in [0.2, 0.25) is 0 Å². The Hall–Kier alpha value is -2.96. The van der Waals surface area contributed by atoms with Gasteiger partial charge in [-0.15, -0.1) is 0 Å². The number of fused-ring (bicyclic) bond motifs is 1. The van der Waals surface area contributed by atoms with E-state index in [1.165, 1.54) is 4.31 Å². The van der Waals surface area contributed by atoms with Crippen LogP contribution in [0.5, 0.6) is 0 Å². The van der Waals surface area contributed by atoms with Crippen LogP contribution in [-0.2, 0) is 33.2 Å². The lowest BCUT2D eigenvalue weighted by molar-refractivity contribution is -0.120. The number of carbonyl (C=O) groups is 1. The average Bonchev–Trinajstić information content (AvgIpc) is 2.81. The van der Waals surface area contributed by atoms with Crippen molar-refractivity contribution < 1.29 is 13.2 Å². The maximum Gasteiger partial charge on any atom is 0.244 e. The lowest BCUT2D eigenvalue weighted by Crippen LogP contribution is -2.50. The Balaban J connectivity index is 1.75. The molecule has 0 aliphatic carbocycles. The first-order valence-electron chi connectivity index (χ1n) is 12.4. The smallest absolute Gasteiger partial charge is 0.244 e. The molecular weight excluding hydrogens is 468 g/mol. The average molecular weight is 505 g/mol. The minimum atomic E-state index is -3.95. The van der Waals surface area contributed by atoms with E-state index in [1.54, 1.807) is 0 Å². The molecule has 36 heavy (non-hydrogen) atoms. The number of nitrogens with one attached hydrogen (secondary N) is 1. The SMILES string of the molecule is Cc1cc(C)c(C)c(S(=O)(=O)N2Cc3ccccc3C[C@H]2C(=O)Nc2ccc(C(C)(C)C)cc2)c1C. The van der Waals surface area contributed by atoms with Gasteiger partial charge in [0.25, 0.3) is 0 Å². The normalized spacial score (nSPS) is 16.5. The Morgan fingerprint density at radius 1 is 0.889 bits per heavy atom. The molecule has 5 nitrogen and oxygen atoms in total. The maximum absolute atomic E-state index is 14.2. The third kappa shape index (κ3) is 4.84. The van der Waals surface area contributed by atoms with Gasteiger partial charge in [0.05, 0.1) is 4.90 Å². The molecule has 0 unspecified atom stereocenters. The molecule has 1 aliphatic rings. The summed E-state index contributed by atoms with van der Waals surface area (Å²) in [5, 5.41) is 2.98. The third-order valence-corrected chi connectivity index (χ3v) is 9.52. The zero-order chi connectivity index (χ0) is 26.4. The van der Waals surface area contributed by atoms with Gasteiger partial charge in [0.1, 0.15) is 6.04 Å². The van der Waals surface area contributed by atoms with Crippen molar-refractivity contribution in [3.63, 3.8) is 0 Å². The fourth-order valence-corrected chi connectivity index (χ4v) is 7.08. The fourth-order valence-electron chi connectivity index (χ4n) is 4.94. The van der Waals surface area contributed by atoms with Crippen molar-refractivity contribution in [1.82, 2.24) is 4.31 Å². The number of carbonyl (C=O) groups excluding carboxylic acids is 1. The van der Waals surface area contributed by atoms with Crippen LogP contribution in [0.1, 0.15) is 59.7 Å². The topological polar surface area (TPSA) is 66.5 Å². The number of hydrogen-bond acceptors (Lipinski definition) is 3. The molecule has 190 valence electrons. The van der Waals surface area contributed by atoms with Gasteiger partial charge in [0, 0.05) is 12.2 Å². The van der Waals surface area contributed by atoms with Gasteiger partial charge in [-0.05, 0) is 90.6 Å². The maximum atomic E-state index is 14.2. The fraction of sp³-hybridized carbons (Fsp3) is 0.367. The van der Waals surface area contributed by atoms with Gasteiger partial charge in [-0.3, -0.25) is 4.79 Å². The van der Waals surface area contributed by atoms with Crippen molar-refractivity contribution in [2.75, 3.05) is 5.32 Å². The first-order valence-corrected chi connectivity index (χ1v) is 13.8. The van der Waals surface area contributed by atoms with Crippen LogP contribution in [0.25, 0.3) is 0 Å². The van der Waals surface area contributed by atoms with E-state index < -0.39 is 16.1 Å². The molecule has 0 saturated heterocycles. The summed E-state index contributed by atoms with van der Waals surface area (Å²) >= 11 is 0. The van der Waals surface area contributed by atoms with Crippen molar-refractivity contribution in [2.45, 2.75) is 77.8 Å². The molecule has 0 aromatic heterocycles. The molecule has 6 heteroatoms. The first-order chi connectivity index (χ1) is 16.8. The molecule has 0 spiro atoms. The quantitative estimate of drug-likeness (QED) is 0.476. The highest BCUT2D eigenvalue weighted by Gasteiger charge is 2.41. The van der Waals surface area contributed by atoms with Crippen LogP contribution in [-0.4, -0.2) is 24.7 Å². The molecule has 0 fully saturated rings. The minimum Gasteiger partial charge on any atom is -0.325 e. The second kappa shape index (κ2) is 9.49. The summed E-state index contributed by atoms with van der Waals surface area (Å²) in [6.45, 7) is 14.1. The number of amides is 1. The number of aryl methyl sites for hydroxylation is 2. The van der Waals surface area contributed by atoms with E-state index in [9.17, 15) is 13.2 Å². The van der Waals surface area contributed by atoms with Gasteiger partial charge in [-0.25, -0.2) is 8.42 Å². The predicted octanol–water partition coefficient (Wildman–Crippen LogP) is 5.97. The van der Waals surface area contributed by atoms with Crippen molar-refractivity contribution in [1.29, 1.82) is 0 Å². The molecule has 0 bridgehead atoms. The molecule has 3 aromatic rings. The second-order valence-electron chi connectivity index (χ2n) is 10.9. The van der Waals surface area contributed by atoms with E-state index in [0.29, 0.717) is 17.0 Å². The van der Waals surface area contributed by atoms with Gasteiger partial charge in [-0.1, -0.05) is 63.2 Å². The Kier molecular flexibility index (Phi) is 6.88. The zero-order valence-corrected chi connectivity index (χ0v) is 23.1. The molecule has 1 heterocycles. The lowest BCUT2D eigenvalue weighted by Gasteiger charge is -2.36. The summed E-state index contributed by atoms with van der Waals surface area (Å²) in [4.78, 5) is 13.9. The first kappa shape index (κ1) is 26.1. The summed E-state index contributed by atoms with van der Waals surface area (Å²) in [6, 6.07) is 16.7. The van der Waals surface area contributed by atoms with E-state index in [2.05, 4.69) is 26.1 Å². The number of benzene rings is 3. The Labute approximate surface area is 215 Å². The summed E-state index contributed by atoms with van der Waals surface area (Å²) < 4.78 is 29.8. The van der Waals surface area contributed by atoms with Gasteiger partial charge in [0.15, 0.2) is 0 Å². The molecule has 3 aromatic carbocycles. The number of anilines is 1. The van der Waals surface area contributed by atoms with Crippen LogP contribution in [0.4, 0.5) is 5.69 Å². The molecular formula is C30H36N2O3S. The van der Waals surface area contributed by atoms with Gasteiger partial charge < -0.3 is 5.32 Å². The Morgan fingerprint density at radius 3 is 2.00 bits per heavy atom. The highest BCUT2D eigenvalue weighted by molar-refractivity contribution is 7.89. The van der Waals surface area contributed by atoms with Crippen LogP contribution >= 0.6 is 0 Å². The largest absolute Gasteiger partial charge is 0.325 e. The van der Waals surface area contributed by atoms with Crippen LogP contribution in [0.3, 0.4) is 0 Å². The van der Waals surface area contributed by atoms with Crippen LogP contribution in [0.15, 0.2) is 59.5 Å². The molecule has 1 aliphatic heterocycles. The second-order valence-corrected chi connectivity index (χ2v) is 12.8. The molecule has 1 amide bonds. The minimum absolute atomic E-state index is 0.00214. The van der Waals surface area contributed by atoms with Crippen molar-refractivity contribution in [3.05, 3.63) is 93.5 Å². The van der Waals surface area contributed by atoms with Gasteiger partial charge >= 0.3 is 0 Å². The standard InChI is InChI=1S/C30H36N2O3S/c1-19-16-20(2)22(4)28(21(19)3)36(34,35)32-18-24-11-9-8-10-23(24)17-27(32)29(33)31-26-14-12-25(13-15-26)30(5,6)7/h8-16,27H,17-18H2,1-7H3,(H,31,33)/t27-/m0/s1. The summed E-state index contributed by atoms with van der Waals surface area (Å²) in [5.41, 5.74) is 7.06. The monoisotopic (exact) mass is 504 g/mol. The molecule has 1 N–H and O–H groups in total. The highest BCUT2D eigenvalue weighted by atomic mass is 32.2.